The average molecular weight is 321 g/mol. The van der Waals surface area contributed by atoms with E-state index in [0.717, 1.165) is 5.56 Å². The third-order valence-corrected chi connectivity index (χ3v) is 4.46. The van der Waals surface area contributed by atoms with Gasteiger partial charge in [-0.3, -0.25) is 0 Å². The van der Waals surface area contributed by atoms with Crippen LogP contribution in [0, 0.1) is 5.92 Å². The molecule has 1 aliphatic rings. The fourth-order valence-corrected chi connectivity index (χ4v) is 3.01. The summed E-state index contributed by atoms with van der Waals surface area (Å²) in [5.74, 6) is -1.15. The second-order valence-corrected chi connectivity index (χ2v) is 5.98. The van der Waals surface area contributed by atoms with E-state index < -0.39 is 12.1 Å². The third-order valence-electron chi connectivity index (χ3n) is 4.11. The molecule has 1 unspecified atom stereocenters. The van der Waals surface area contributed by atoms with Gasteiger partial charge in [0.05, 0.1) is 5.92 Å². The van der Waals surface area contributed by atoms with Crippen LogP contribution < -0.4 is 5.73 Å². The van der Waals surface area contributed by atoms with Crippen molar-refractivity contribution in [3.63, 3.8) is 0 Å². The first-order valence-corrected chi connectivity index (χ1v) is 7.55. The van der Waals surface area contributed by atoms with E-state index in [1.54, 1.807) is 6.07 Å². The van der Waals surface area contributed by atoms with Crippen molar-refractivity contribution in [3.05, 3.63) is 34.9 Å². The zero-order valence-electron chi connectivity index (χ0n) is 11.7. The number of benzene rings is 1. The lowest BCUT2D eigenvalue weighted by Gasteiger charge is -2.33. The van der Waals surface area contributed by atoms with Crippen molar-refractivity contribution < 1.29 is 13.2 Å². The van der Waals surface area contributed by atoms with Crippen LogP contribution in [0.15, 0.2) is 24.3 Å². The van der Waals surface area contributed by atoms with E-state index in [2.05, 4.69) is 4.90 Å². The standard InChI is InChI=1S/C15H20ClF3N2/c16-13-4-2-1-3-12(13)14(20)7-10-21-8-5-11(6-9-21)15(17,18)19/h1-4,11,14H,5-10,20H2. The minimum Gasteiger partial charge on any atom is -0.324 e. The van der Waals surface area contributed by atoms with Gasteiger partial charge in [-0.05, 0) is 50.5 Å². The van der Waals surface area contributed by atoms with E-state index in [1.165, 1.54) is 0 Å². The van der Waals surface area contributed by atoms with E-state index in [-0.39, 0.29) is 18.9 Å². The number of alkyl halides is 3. The number of piperidine rings is 1. The molecule has 1 saturated heterocycles. The normalized spacial score (nSPS) is 19.7. The maximum atomic E-state index is 12.6. The van der Waals surface area contributed by atoms with Crippen molar-refractivity contribution in [1.82, 2.24) is 4.90 Å². The molecule has 1 aromatic carbocycles. The maximum Gasteiger partial charge on any atom is 0.391 e. The Hall–Kier alpha value is -0.780. The van der Waals surface area contributed by atoms with Crippen molar-refractivity contribution >= 4 is 11.6 Å². The first-order valence-electron chi connectivity index (χ1n) is 7.17. The summed E-state index contributed by atoms with van der Waals surface area (Å²) in [6.07, 6.45) is -2.99. The Bertz CT molecular complexity index is 456. The summed E-state index contributed by atoms with van der Waals surface area (Å²) in [7, 11) is 0. The molecule has 2 N–H and O–H groups in total. The SMILES string of the molecule is NC(CCN1CCC(C(F)(F)F)CC1)c1ccccc1Cl. The van der Waals surface area contributed by atoms with Gasteiger partial charge in [-0.15, -0.1) is 0 Å². The van der Waals surface area contributed by atoms with Crippen LogP contribution in [0.2, 0.25) is 5.02 Å². The van der Waals surface area contributed by atoms with Crippen molar-refractivity contribution in [2.75, 3.05) is 19.6 Å². The maximum absolute atomic E-state index is 12.6. The fourth-order valence-electron chi connectivity index (χ4n) is 2.74. The highest BCUT2D eigenvalue weighted by molar-refractivity contribution is 6.31. The van der Waals surface area contributed by atoms with Crippen LogP contribution in [0.4, 0.5) is 13.2 Å². The lowest BCUT2D eigenvalue weighted by Crippen LogP contribution is -2.39. The summed E-state index contributed by atoms with van der Waals surface area (Å²) >= 11 is 6.09. The largest absolute Gasteiger partial charge is 0.391 e. The van der Waals surface area contributed by atoms with Gasteiger partial charge in [-0.1, -0.05) is 29.8 Å². The summed E-state index contributed by atoms with van der Waals surface area (Å²) < 4.78 is 37.8. The Morgan fingerprint density at radius 2 is 1.86 bits per heavy atom. The van der Waals surface area contributed by atoms with Gasteiger partial charge in [-0.2, -0.15) is 13.2 Å². The first kappa shape index (κ1) is 16.6. The molecule has 21 heavy (non-hydrogen) atoms. The quantitative estimate of drug-likeness (QED) is 0.908. The molecule has 0 spiro atoms. The summed E-state index contributed by atoms with van der Waals surface area (Å²) in [6, 6.07) is 7.24. The highest BCUT2D eigenvalue weighted by Crippen LogP contribution is 2.34. The zero-order valence-corrected chi connectivity index (χ0v) is 12.5. The molecule has 0 saturated carbocycles. The molecule has 1 fully saturated rings. The van der Waals surface area contributed by atoms with Crippen LogP contribution in [0.25, 0.3) is 0 Å². The summed E-state index contributed by atoms with van der Waals surface area (Å²) in [4.78, 5) is 2.05. The second kappa shape index (κ2) is 6.99. The first-order chi connectivity index (χ1) is 9.88. The van der Waals surface area contributed by atoms with Crippen LogP contribution in [-0.2, 0) is 0 Å². The molecular formula is C15H20ClF3N2. The van der Waals surface area contributed by atoms with E-state index >= 15 is 0 Å². The van der Waals surface area contributed by atoms with Crippen LogP contribution in [0.5, 0.6) is 0 Å². The third kappa shape index (κ3) is 4.59. The molecule has 1 heterocycles. The Balaban J connectivity index is 1.79. The molecule has 2 nitrogen and oxygen atoms in total. The average Bonchev–Trinajstić information content (AvgIpc) is 2.45. The number of likely N-dealkylation sites (tertiary alicyclic amines) is 1. The molecule has 6 heteroatoms. The minimum atomic E-state index is -4.06. The molecule has 0 aliphatic carbocycles. The van der Waals surface area contributed by atoms with Gasteiger partial charge in [0.25, 0.3) is 0 Å². The Labute approximate surface area is 128 Å². The van der Waals surface area contributed by atoms with E-state index in [9.17, 15) is 13.2 Å². The molecule has 118 valence electrons. The number of halogens is 4. The van der Waals surface area contributed by atoms with E-state index in [4.69, 9.17) is 17.3 Å². The number of hydrogen-bond acceptors (Lipinski definition) is 2. The van der Waals surface area contributed by atoms with E-state index in [1.807, 2.05) is 18.2 Å². The molecule has 1 atom stereocenters. The Morgan fingerprint density at radius 3 is 2.43 bits per heavy atom. The Kier molecular flexibility index (Phi) is 5.52. The smallest absolute Gasteiger partial charge is 0.324 e. The number of nitrogens with two attached hydrogens (primary N) is 1. The monoisotopic (exact) mass is 320 g/mol. The molecule has 2 rings (SSSR count). The summed E-state index contributed by atoms with van der Waals surface area (Å²) in [5.41, 5.74) is 7.01. The summed E-state index contributed by atoms with van der Waals surface area (Å²) in [6.45, 7) is 1.68. The predicted molar refractivity (Wildman–Crippen MR) is 78.2 cm³/mol. The highest BCUT2D eigenvalue weighted by Gasteiger charge is 2.40. The van der Waals surface area contributed by atoms with Crippen LogP contribution in [-0.4, -0.2) is 30.7 Å². The van der Waals surface area contributed by atoms with Crippen molar-refractivity contribution in [2.24, 2.45) is 11.7 Å². The fraction of sp³-hybridized carbons (Fsp3) is 0.600. The van der Waals surface area contributed by atoms with Gasteiger partial charge in [0.1, 0.15) is 0 Å². The minimum absolute atomic E-state index is 0.181. The lowest BCUT2D eigenvalue weighted by molar-refractivity contribution is -0.185. The van der Waals surface area contributed by atoms with Crippen LogP contribution in [0.3, 0.4) is 0 Å². The molecule has 0 bridgehead atoms. The number of hydrogen-bond donors (Lipinski definition) is 1. The highest BCUT2D eigenvalue weighted by atomic mass is 35.5. The molecule has 0 radical (unpaired) electrons. The van der Waals surface area contributed by atoms with Gasteiger partial charge < -0.3 is 10.6 Å². The molecule has 1 aliphatic heterocycles. The molecule has 1 aromatic rings. The zero-order chi connectivity index (χ0) is 15.5. The van der Waals surface area contributed by atoms with Gasteiger partial charge in [0.2, 0.25) is 0 Å². The van der Waals surface area contributed by atoms with Gasteiger partial charge in [-0.25, -0.2) is 0 Å². The van der Waals surface area contributed by atoms with Gasteiger partial charge in [0, 0.05) is 11.1 Å². The van der Waals surface area contributed by atoms with Crippen molar-refractivity contribution in [1.29, 1.82) is 0 Å². The van der Waals surface area contributed by atoms with Crippen molar-refractivity contribution in [2.45, 2.75) is 31.5 Å². The van der Waals surface area contributed by atoms with Crippen molar-refractivity contribution in [3.8, 4) is 0 Å². The molecular weight excluding hydrogens is 301 g/mol. The van der Waals surface area contributed by atoms with E-state index in [0.29, 0.717) is 31.1 Å². The van der Waals surface area contributed by atoms with Gasteiger partial charge in [0.15, 0.2) is 0 Å². The molecule has 0 amide bonds. The Morgan fingerprint density at radius 1 is 1.24 bits per heavy atom. The number of nitrogens with zero attached hydrogens (tertiary/aromatic N) is 1. The topological polar surface area (TPSA) is 29.3 Å². The molecule has 0 aromatic heterocycles. The lowest BCUT2D eigenvalue weighted by atomic mass is 9.95. The van der Waals surface area contributed by atoms with Gasteiger partial charge >= 0.3 is 6.18 Å². The van der Waals surface area contributed by atoms with Crippen LogP contribution in [0.1, 0.15) is 30.9 Å². The predicted octanol–water partition coefficient (Wildman–Crippen LogP) is 4.00. The number of rotatable bonds is 4. The van der Waals surface area contributed by atoms with Crippen LogP contribution >= 0.6 is 11.6 Å². The summed E-state index contributed by atoms with van der Waals surface area (Å²) in [5, 5.41) is 0.640. The second-order valence-electron chi connectivity index (χ2n) is 5.57.